The van der Waals surface area contributed by atoms with Crippen molar-refractivity contribution in [3.05, 3.63) is 130 Å². The Morgan fingerprint density at radius 2 is 1.42 bits per heavy atom. The summed E-state index contributed by atoms with van der Waals surface area (Å²) < 4.78 is 29.2. The van der Waals surface area contributed by atoms with Gasteiger partial charge in [0, 0.05) is 29.1 Å². The molecule has 0 aromatic heterocycles. The predicted octanol–water partition coefficient (Wildman–Crippen LogP) is 7.05. The van der Waals surface area contributed by atoms with Gasteiger partial charge >= 0.3 is 0 Å². The Morgan fingerprint density at radius 1 is 0.844 bits per heavy atom. The SMILES string of the molecule is CC[C@@H](C)NC(=O)[C@H](Cc1ccccc1)N(Cc1ccccc1C)C(=O)CN(c1cc(Cl)cc(Cl)c1)S(=O)(=O)c1ccccc1. The van der Waals surface area contributed by atoms with Crippen molar-refractivity contribution < 1.29 is 18.0 Å². The van der Waals surface area contributed by atoms with E-state index >= 15 is 0 Å². The van der Waals surface area contributed by atoms with Crippen LogP contribution in [0.2, 0.25) is 10.0 Å². The minimum atomic E-state index is -4.26. The summed E-state index contributed by atoms with van der Waals surface area (Å²) in [4.78, 5) is 30.0. The number of nitrogens with one attached hydrogen (secondary N) is 1. The van der Waals surface area contributed by atoms with Crippen LogP contribution in [0.4, 0.5) is 5.69 Å². The Hall–Kier alpha value is -3.85. The molecule has 0 saturated heterocycles. The zero-order valence-corrected chi connectivity index (χ0v) is 27.8. The lowest BCUT2D eigenvalue weighted by Crippen LogP contribution is -2.54. The van der Waals surface area contributed by atoms with Gasteiger partial charge in [0.1, 0.15) is 12.6 Å². The van der Waals surface area contributed by atoms with Crippen LogP contribution in [0.1, 0.15) is 37.0 Å². The van der Waals surface area contributed by atoms with E-state index < -0.39 is 28.5 Å². The molecule has 0 bridgehead atoms. The molecule has 0 fully saturated rings. The van der Waals surface area contributed by atoms with Crippen molar-refractivity contribution in [3.8, 4) is 0 Å². The van der Waals surface area contributed by atoms with Crippen molar-refractivity contribution in [1.82, 2.24) is 10.2 Å². The zero-order valence-electron chi connectivity index (χ0n) is 25.5. The molecule has 0 heterocycles. The lowest BCUT2D eigenvalue weighted by molar-refractivity contribution is -0.140. The first-order valence-electron chi connectivity index (χ1n) is 14.7. The zero-order chi connectivity index (χ0) is 32.6. The van der Waals surface area contributed by atoms with Gasteiger partial charge in [0.05, 0.1) is 10.6 Å². The third-order valence-corrected chi connectivity index (χ3v) is 9.84. The number of nitrogens with zero attached hydrogens (tertiary/aromatic N) is 2. The molecule has 0 spiro atoms. The number of aryl methyl sites for hydroxylation is 1. The van der Waals surface area contributed by atoms with Gasteiger partial charge in [0.15, 0.2) is 0 Å². The van der Waals surface area contributed by atoms with E-state index in [0.29, 0.717) is 6.42 Å². The van der Waals surface area contributed by atoms with Crippen molar-refractivity contribution in [3.63, 3.8) is 0 Å². The molecule has 4 rings (SSSR count). The third kappa shape index (κ3) is 8.87. The molecule has 1 N–H and O–H groups in total. The number of sulfonamides is 1. The van der Waals surface area contributed by atoms with E-state index in [1.165, 1.54) is 35.2 Å². The molecule has 0 aliphatic carbocycles. The maximum Gasteiger partial charge on any atom is 0.264 e. The van der Waals surface area contributed by atoms with Crippen LogP contribution in [0.3, 0.4) is 0 Å². The Morgan fingerprint density at radius 3 is 2.02 bits per heavy atom. The van der Waals surface area contributed by atoms with Gasteiger partial charge in [-0.05, 0) is 67.3 Å². The number of benzene rings is 4. The molecular weight excluding hydrogens is 629 g/mol. The summed E-state index contributed by atoms with van der Waals surface area (Å²) in [7, 11) is -4.26. The smallest absolute Gasteiger partial charge is 0.264 e. The monoisotopic (exact) mass is 665 g/mol. The number of hydrogen-bond acceptors (Lipinski definition) is 4. The number of halogens is 2. The van der Waals surface area contributed by atoms with E-state index in [0.717, 1.165) is 21.0 Å². The van der Waals surface area contributed by atoms with Gasteiger partial charge in [-0.3, -0.25) is 13.9 Å². The molecule has 4 aromatic carbocycles. The summed E-state index contributed by atoms with van der Waals surface area (Å²) in [6, 6.07) is 28.2. The van der Waals surface area contributed by atoms with Crippen LogP contribution in [0.5, 0.6) is 0 Å². The Labute approximate surface area is 275 Å². The molecule has 2 amide bonds. The summed E-state index contributed by atoms with van der Waals surface area (Å²) >= 11 is 12.6. The number of anilines is 1. The van der Waals surface area contributed by atoms with Crippen LogP contribution < -0.4 is 9.62 Å². The first-order chi connectivity index (χ1) is 21.5. The van der Waals surface area contributed by atoms with Crippen molar-refractivity contribution in [2.45, 2.75) is 57.1 Å². The summed E-state index contributed by atoms with van der Waals surface area (Å²) in [5.41, 5.74) is 2.76. The molecule has 0 unspecified atom stereocenters. The van der Waals surface area contributed by atoms with E-state index in [1.54, 1.807) is 18.2 Å². The normalized spacial score (nSPS) is 12.6. The summed E-state index contributed by atoms with van der Waals surface area (Å²) in [5, 5.41) is 3.47. The second-order valence-corrected chi connectivity index (χ2v) is 13.7. The Kier molecular flexibility index (Phi) is 11.7. The van der Waals surface area contributed by atoms with Gasteiger partial charge in [0.2, 0.25) is 11.8 Å². The molecule has 0 aliphatic heterocycles. The fraction of sp³-hybridized carbons (Fsp3) is 0.257. The van der Waals surface area contributed by atoms with Gasteiger partial charge in [-0.1, -0.05) is 103 Å². The maximum absolute atomic E-state index is 14.6. The number of carbonyl (C=O) groups excluding carboxylic acids is 2. The van der Waals surface area contributed by atoms with Gasteiger partial charge in [0.25, 0.3) is 10.0 Å². The predicted molar refractivity (Wildman–Crippen MR) is 181 cm³/mol. The Balaban J connectivity index is 1.83. The lowest BCUT2D eigenvalue weighted by Gasteiger charge is -2.34. The van der Waals surface area contributed by atoms with Crippen LogP contribution in [-0.2, 0) is 32.6 Å². The van der Waals surface area contributed by atoms with Crippen LogP contribution >= 0.6 is 23.2 Å². The Bertz CT molecular complexity index is 1700. The molecule has 2 atom stereocenters. The van der Waals surface area contributed by atoms with E-state index in [1.807, 2.05) is 75.4 Å². The van der Waals surface area contributed by atoms with Crippen molar-refractivity contribution >= 4 is 50.7 Å². The van der Waals surface area contributed by atoms with Crippen molar-refractivity contribution in [2.75, 3.05) is 10.8 Å². The highest BCUT2D eigenvalue weighted by Gasteiger charge is 2.35. The van der Waals surface area contributed by atoms with Gasteiger partial charge in [-0.15, -0.1) is 0 Å². The molecule has 7 nitrogen and oxygen atoms in total. The minimum Gasteiger partial charge on any atom is -0.352 e. The minimum absolute atomic E-state index is 0.00491. The van der Waals surface area contributed by atoms with E-state index in [9.17, 15) is 18.0 Å². The molecule has 0 saturated carbocycles. The highest BCUT2D eigenvalue weighted by atomic mass is 35.5. The third-order valence-electron chi connectivity index (χ3n) is 7.62. The van der Waals surface area contributed by atoms with Crippen LogP contribution in [0.15, 0.2) is 108 Å². The number of rotatable bonds is 13. The largest absolute Gasteiger partial charge is 0.352 e. The maximum atomic E-state index is 14.6. The highest BCUT2D eigenvalue weighted by molar-refractivity contribution is 7.92. The number of amides is 2. The highest BCUT2D eigenvalue weighted by Crippen LogP contribution is 2.30. The summed E-state index contributed by atoms with van der Waals surface area (Å²) in [6.45, 7) is 5.30. The summed E-state index contributed by atoms with van der Waals surface area (Å²) in [5.74, 6) is -0.882. The molecule has 4 aromatic rings. The molecule has 0 aliphatic rings. The molecule has 0 radical (unpaired) electrons. The van der Waals surface area contributed by atoms with Gasteiger partial charge in [-0.2, -0.15) is 0 Å². The van der Waals surface area contributed by atoms with E-state index in [-0.39, 0.29) is 45.5 Å². The second-order valence-electron chi connectivity index (χ2n) is 10.9. The molecule has 45 heavy (non-hydrogen) atoms. The first-order valence-corrected chi connectivity index (χ1v) is 16.9. The van der Waals surface area contributed by atoms with Crippen LogP contribution in [0.25, 0.3) is 0 Å². The van der Waals surface area contributed by atoms with Crippen molar-refractivity contribution in [2.24, 2.45) is 0 Å². The fourth-order valence-electron chi connectivity index (χ4n) is 4.90. The number of carbonyl (C=O) groups is 2. The fourth-order valence-corrected chi connectivity index (χ4v) is 6.83. The quantitative estimate of drug-likeness (QED) is 0.166. The van der Waals surface area contributed by atoms with Gasteiger partial charge in [-0.25, -0.2) is 8.42 Å². The lowest BCUT2D eigenvalue weighted by atomic mass is 10.0. The van der Waals surface area contributed by atoms with Crippen LogP contribution in [0, 0.1) is 6.92 Å². The average molecular weight is 667 g/mol. The average Bonchev–Trinajstić information content (AvgIpc) is 3.02. The molecule has 10 heteroatoms. The molecular formula is C35H37Cl2N3O4S. The standard InChI is InChI=1S/C35H37Cl2N3O4S/c1-4-26(3)38-35(42)33(19-27-14-7-5-8-15-27)39(23-28-16-12-11-13-25(28)2)34(41)24-40(31-21-29(36)20-30(37)22-31)45(43,44)32-17-9-6-10-18-32/h5-18,20-22,26,33H,4,19,23-24H2,1-3H3,(H,38,42)/t26-,33+/m1/s1. The first kappa shape index (κ1) is 34.0. The molecule has 236 valence electrons. The topological polar surface area (TPSA) is 86.8 Å². The number of hydrogen-bond donors (Lipinski definition) is 1. The van der Waals surface area contributed by atoms with Crippen LogP contribution in [-0.4, -0.2) is 43.8 Å². The van der Waals surface area contributed by atoms with Gasteiger partial charge < -0.3 is 10.2 Å². The van der Waals surface area contributed by atoms with Crippen molar-refractivity contribution in [1.29, 1.82) is 0 Å². The van der Waals surface area contributed by atoms with E-state index in [4.69, 9.17) is 23.2 Å². The summed E-state index contributed by atoms with van der Waals surface area (Å²) in [6.07, 6.45) is 0.934. The van der Waals surface area contributed by atoms with E-state index in [2.05, 4.69) is 5.32 Å². The second kappa shape index (κ2) is 15.4.